The largest absolute Gasteiger partial charge is 0.494 e. The summed E-state index contributed by atoms with van der Waals surface area (Å²) in [4.78, 5) is 12.5. The number of carbonyl (C=O) groups excluding carboxylic acids is 1. The number of ether oxygens (including phenoxy) is 2. The van der Waals surface area contributed by atoms with E-state index in [1.54, 1.807) is 0 Å². The summed E-state index contributed by atoms with van der Waals surface area (Å²) < 4.78 is 11.4. The molecule has 122 valence electrons. The predicted octanol–water partition coefficient (Wildman–Crippen LogP) is 4.01. The third-order valence-corrected chi connectivity index (χ3v) is 4.13. The van der Waals surface area contributed by atoms with Crippen LogP contribution in [0.5, 0.6) is 5.75 Å². The lowest BCUT2D eigenvalue weighted by Gasteiger charge is -2.28. The smallest absolute Gasteiger partial charge is 0.256 e. The van der Waals surface area contributed by atoms with Gasteiger partial charge in [-0.05, 0) is 63.3 Å². The summed E-state index contributed by atoms with van der Waals surface area (Å²) in [6.45, 7) is 7.23. The molecule has 0 radical (unpaired) electrons. The van der Waals surface area contributed by atoms with Gasteiger partial charge in [0.25, 0.3) is 5.91 Å². The van der Waals surface area contributed by atoms with Gasteiger partial charge in [-0.3, -0.25) is 4.79 Å². The van der Waals surface area contributed by atoms with Crippen molar-refractivity contribution in [3.63, 3.8) is 0 Å². The maximum atomic E-state index is 12.5. The quantitative estimate of drug-likeness (QED) is 0.701. The van der Waals surface area contributed by atoms with Crippen molar-refractivity contribution in [1.82, 2.24) is 0 Å². The van der Waals surface area contributed by atoms with Gasteiger partial charge in [-0.2, -0.15) is 0 Å². The maximum absolute atomic E-state index is 12.5. The third kappa shape index (κ3) is 4.23. The number of anilines is 1. The van der Waals surface area contributed by atoms with Crippen LogP contribution in [-0.4, -0.2) is 24.7 Å². The monoisotopic (exact) mass is 305 g/mol. The van der Waals surface area contributed by atoms with Gasteiger partial charge in [0.15, 0.2) is 0 Å². The maximum Gasteiger partial charge on any atom is 0.256 e. The summed E-state index contributed by atoms with van der Waals surface area (Å²) >= 11 is 0. The topological polar surface area (TPSA) is 47.6 Å². The molecule has 1 aromatic rings. The second kappa shape index (κ2) is 7.63. The Bertz CT molecular complexity index is 482. The van der Waals surface area contributed by atoms with E-state index in [1.807, 2.05) is 38.1 Å². The molecule has 1 atom stereocenters. The average molecular weight is 305 g/mol. The van der Waals surface area contributed by atoms with Crippen molar-refractivity contribution in [2.24, 2.45) is 5.92 Å². The lowest BCUT2D eigenvalue weighted by atomic mass is 9.99. The van der Waals surface area contributed by atoms with Gasteiger partial charge in [0.2, 0.25) is 0 Å². The van der Waals surface area contributed by atoms with Crippen molar-refractivity contribution < 1.29 is 14.3 Å². The highest BCUT2D eigenvalue weighted by molar-refractivity contribution is 5.97. The predicted molar refractivity (Wildman–Crippen MR) is 88.2 cm³/mol. The molecule has 0 bridgehead atoms. The van der Waals surface area contributed by atoms with Crippen LogP contribution < -0.4 is 10.1 Å². The van der Waals surface area contributed by atoms with E-state index in [2.05, 4.69) is 12.2 Å². The van der Waals surface area contributed by atoms with Crippen LogP contribution in [0.3, 0.4) is 0 Å². The van der Waals surface area contributed by atoms with E-state index < -0.39 is 5.60 Å². The van der Waals surface area contributed by atoms with Crippen LogP contribution >= 0.6 is 0 Å². The first-order valence-electron chi connectivity index (χ1n) is 8.28. The Labute approximate surface area is 133 Å². The van der Waals surface area contributed by atoms with Gasteiger partial charge in [0.05, 0.1) is 6.61 Å². The zero-order valence-electron chi connectivity index (χ0n) is 13.9. The highest BCUT2D eigenvalue weighted by atomic mass is 16.5. The van der Waals surface area contributed by atoms with Crippen LogP contribution in [0.15, 0.2) is 24.3 Å². The van der Waals surface area contributed by atoms with Crippen molar-refractivity contribution in [3.8, 4) is 5.75 Å². The summed E-state index contributed by atoms with van der Waals surface area (Å²) in [5.74, 6) is 1.11. The fourth-order valence-electron chi connectivity index (χ4n) is 2.53. The third-order valence-electron chi connectivity index (χ3n) is 4.13. The molecular weight excluding hydrogens is 278 g/mol. The molecule has 1 fully saturated rings. The molecule has 1 aromatic carbocycles. The van der Waals surface area contributed by atoms with Crippen LogP contribution in [0.25, 0.3) is 0 Å². The van der Waals surface area contributed by atoms with Crippen LogP contribution in [0.2, 0.25) is 0 Å². The highest BCUT2D eigenvalue weighted by Gasteiger charge is 2.48. The zero-order chi connectivity index (χ0) is 16.0. The van der Waals surface area contributed by atoms with Crippen molar-refractivity contribution in [1.29, 1.82) is 0 Å². The van der Waals surface area contributed by atoms with E-state index >= 15 is 0 Å². The summed E-state index contributed by atoms with van der Waals surface area (Å²) in [5, 5.41) is 2.96. The molecule has 1 saturated carbocycles. The number of hydrogen-bond donors (Lipinski definition) is 1. The molecule has 2 rings (SSSR count). The molecule has 0 spiro atoms. The van der Waals surface area contributed by atoms with Crippen molar-refractivity contribution in [2.75, 3.05) is 18.5 Å². The van der Waals surface area contributed by atoms with Gasteiger partial charge in [-0.25, -0.2) is 0 Å². The first kappa shape index (κ1) is 16.8. The Hall–Kier alpha value is -1.55. The molecule has 1 aliphatic rings. The average Bonchev–Trinajstić information content (AvgIpc) is 3.34. The SMILES string of the molecule is CCCCOc1ccc(NC(=O)[C@](C)(OCC)C2CC2)cc1. The molecular formula is C18H27NO3. The second-order valence-electron chi connectivity index (χ2n) is 5.99. The van der Waals surface area contributed by atoms with Crippen molar-refractivity contribution in [2.45, 2.75) is 52.1 Å². The number of hydrogen-bond acceptors (Lipinski definition) is 3. The summed E-state index contributed by atoms with van der Waals surface area (Å²) in [5.41, 5.74) is 0.0600. The molecule has 1 amide bonds. The normalized spacial score (nSPS) is 16.9. The minimum absolute atomic E-state index is 0.0588. The van der Waals surface area contributed by atoms with Gasteiger partial charge >= 0.3 is 0 Å². The molecule has 4 nitrogen and oxygen atoms in total. The molecule has 4 heteroatoms. The molecule has 0 heterocycles. The Morgan fingerprint density at radius 2 is 1.95 bits per heavy atom. The van der Waals surface area contributed by atoms with Gasteiger partial charge in [0, 0.05) is 12.3 Å². The Kier molecular flexibility index (Phi) is 5.83. The Morgan fingerprint density at radius 1 is 1.27 bits per heavy atom. The minimum Gasteiger partial charge on any atom is -0.494 e. The number of carbonyl (C=O) groups is 1. The van der Waals surface area contributed by atoms with Gasteiger partial charge < -0.3 is 14.8 Å². The second-order valence-corrected chi connectivity index (χ2v) is 5.99. The number of benzene rings is 1. The lowest BCUT2D eigenvalue weighted by Crippen LogP contribution is -2.44. The van der Waals surface area contributed by atoms with Gasteiger partial charge in [-0.15, -0.1) is 0 Å². The fourth-order valence-corrected chi connectivity index (χ4v) is 2.53. The molecule has 0 unspecified atom stereocenters. The van der Waals surface area contributed by atoms with E-state index in [0.29, 0.717) is 12.5 Å². The van der Waals surface area contributed by atoms with Crippen LogP contribution in [0.1, 0.15) is 46.5 Å². The summed E-state index contributed by atoms with van der Waals surface area (Å²) in [6, 6.07) is 7.53. The number of amides is 1. The van der Waals surface area contributed by atoms with Crippen LogP contribution in [0.4, 0.5) is 5.69 Å². The minimum atomic E-state index is -0.717. The van der Waals surface area contributed by atoms with Crippen LogP contribution in [0, 0.1) is 5.92 Å². The van der Waals surface area contributed by atoms with E-state index in [9.17, 15) is 4.79 Å². The zero-order valence-corrected chi connectivity index (χ0v) is 13.9. The number of nitrogens with one attached hydrogen (secondary N) is 1. The summed E-state index contributed by atoms with van der Waals surface area (Å²) in [7, 11) is 0. The Morgan fingerprint density at radius 3 is 2.50 bits per heavy atom. The Balaban J connectivity index is 1.93. The van der Waals surface area contributed by atoms with Gasteiger partial charge in [0.1, 0.15) is 11.4 Å². The standard InChI is InChI=1S/C18H27NO3/c1-4-6-13-21-16-11-9-15(10-12-16)19-17(20)18(3,22-5-2)14-7-8-14/h9-12,14H,4-8,13H2,1-3H3,(H,19,20)/t18-/m1/s1. The van der Waals surface area contributed by atoms with Crippen molar-refractivity contribution in [3.05, 3.63) is 24.3 Å². The van der Waals surface area contributed by atoms with E-state index in [4.69, 9.17) is 9.47 Å². The molecule has 1 N–H and O–H groups in total. The number of unbranched alkanes of at least 4 members (excludes halogenated alkanes) is 1. The van der Waals surface area contributed by atoms with Crippen molar-refractivity contribution >= 4 is 11.6 Å². The highest BCUT2D eigenvalue weighted by Crippen LogP contribution is 2.42. The van der Waals surface area contributed by atoms with E-state index in [0.717, 1.165) is 43.7 Å². The lowest BCUT2D eigenvalue weighted by molar-refractivity contribution is -0.141. The molecule has 1 aliphatic carbocycles. The molecule has 0 aliphatic heterocycles. The molecule has 0 aromatic heterocycles. The van der Waals surface area contributed by atoms with Crippen LogP contribution in [-0.2, 0) is 9.53 Å². The molecule has 0 saturated heterocycles. The van der Waals surface area contributed by atoms with Gasteiger partial charge in [-0.1, -0.05) is 13.3 Å². The first-order valence-corrected chi connectivity index (χ1v) is 8.28. The summed E-state index contributed by atoms with van der Waals surface area (Å²) in [6.07, 6.45) is 4.29. The van der Waals surface area contributed by atoms with E-state index in [1.165, 1.54) is 0 Å². The van der Waals surface area contributed by atoms with E-state index in [-0.39, 0.29) is 5.91 Å². The fraction of sp³-hybridized carbons (Fsp3) is 0.611. The number of rotatable bonds is 9. The molecule has 22 heavy (non-hydrogen) atoms. The first-order chi connectivity index (χ1) is 10.6.